The van der Waals surface area contributed by atoms with E-state index >= 15 is 0 Å². The summed E-state index contributed by atoms with van der Waals surface area (Å²) in [6.45, 7) is 4.33. The highest BCUT2D eigenvalue weighted by atomic mass is 16.1. The molecule has 0 aliphatic heterocycles. The van der Waals surface area contributed by atoms with E-state index in [2.05, 4.69) is 68.1 Å². The summed E-state index contributed by atoms with van der Waals surface area (Å²) in [6.07, 6.45) is 0.250. The molecule has 0 spiro atoms. The van der Waals surface area contributed by atoms with Crippen molar-refractivity contribution in [2.75, 3.05) is 0 Å². The number of rotatable bonds is 1. The maximum atomic E-state index is 8.58. The molecule has 0 radical (unpaired) electrons. The Morgan fingerprint density at radius 3 is 2.12 bits per heavy atom. The molecule has 0 aliphatic carbocycles. The number of benzene rings is 2. The van der Waals surface area contributed by atoms with Crippen LogP contribution < -0.4 is 5.73 Å². The molecule has 0 fully saturated rings. The third kappa shape index (κ3) is 3.45. The predicted molar refractivity (Wildman–Crippen MR) is 71.6 cm³/mol. The Balaban J connectivity index is 0.000000437. The largest absolute Gasteiger partial charge is 0.372 e. The van der Waals surface area contributed by atoms with Gasteiger partial charge in [0.25, 0.3) is 0 Å². The Morgan fingerprint density at radius 2 is 1.53 bits per heavy atom. The van der Waals surface area contributed by atoms with Crippen molar-refractivity contribution in [2.45, 2.75) is 13.8 Å². The molecule has 2 rings (SSSR count). The molecule has 2 N–H and O–H groups in total. The van der Waals surface area contributed by atoms with Crippen LogP contribution in [0.4, 0.5) is 0 Å². The molecule has 0 aliphatic rings. The lowest BCUT2D eigenvalue weighted by Crippen LogP contribution is -1.85. The van der Waals surface area contributed by atoms with E-state index in [1.807, 2.05) is 0 Å². The van der Waals surface area contributed by atoms with Crippen LogP contribution in [0.3, 0.4) is 0 Å². The topological polar surface area (TPSA) is 43.1 Å². The quantitative estimate of drug-likeness (QED) is 0.747. The van der Waals surface area contributed by atoms with E-state index in [9.17, 15) is 0 Å². The summed E-state index contributed by atoms with van der Waals surface area (Å²) >= 11 is 0. The molecule has 0 bridgehead atoms. The molecule has 2 aromatic carbocycles. The van der Waals surface area contributed by atoms with Crippen molar-refractivity contribution >= 4 is 6.41 Å². The van der Waals surface area contributed by atoms with E-state index in [1.54, 1.807) is 0 Å². The van der Waals surface area contributed by atoms with Gasteiger partial charge in [0.15, 0.2) is 0 Å². The number of nitrogens with two attached hydrogens (primary N) is 1. The van der Waals surface area contributed by atoms with E-state index in [0.29, 0.717) is 0 Å². The average molecular weight is 227 g/mol. The normalized spacial score (nSPS) is 9.06. The van der Waals surface area contributed by atoms with Gasteiger partial charge in [-0.3, -0.25) is 4.79 Å². The minimum absolute atomic E-state index is 0.250. The van der Waals surface area contributed by atoms with E-state index in [-0.39, 0.29) is 6.41 Å². The van der Waals surface area contributed by atoms with Gasteiger partial charge in [0.1, 0.15) is 0 Å². The van der Waals surface area contributed by atoms with Gasteiger partial charge in [-0.15, -0.1) is 0 Å². The van der Waals surface area contributed by atoms with Crippen LogP contribution in [-0.2, 0) is 4.79 Å². The summed E-state index contributed by atoms with van der Waals surface area (Å²) in [4.78, 5) is 8.58. The SMILES string of the molecule is Cc1cccc(-c2ccccc2)c1C.NC=O. The zero-order chi connectivity index (χ0) is 12.7. The first kappa shape index (κ1) is 13.0. The fraction of sp³-hybridized carbons (Fsp3) is 0.133. The molecule has 2 heteroatoms. The number of primary amides is 1. The Morgan fingerprint density at radius 1 is 0.941 bits per heavy atom. The second-order valence-corrected chi connectivity index (χ2v) is 3.75. The van der Waals surface area contributed by atoms with Crippen LogP contribution in [0, 0.1) is 13.8 Å². The fourth-order valence-electron chi connectivity index (χ4n) is 1.68. The van der Waals surface area contributed by atoms with Gasteiger partial charge in [0.2, 0.25) is 6.41 Å². The summed E-state index contributed by atoms with van der Waals surface area (Å²) in [7, 11) is 0. The Kier molecular flexibility index (Phi) is 4.95. The molecule has 0 saturated carbocycles. The summed E-state index contributed by atoms with van der Waals surface area (Å²) < 4.78 is 0. The van der Waals surface area contributed by atoms with Crippen LogP contribution in [0.1, 0.15) is 11.1 Å². The number of aryl methyl sites for hydroxylation is 1. The summed E-state index contributed by atoms with van der Waals surface area (Å²) in [5.41, 5.74) is 9.53. The number of hydrogen-bond donors (Lipinski definition) is 1. The number of carbonyl (C=O) groups excluding carboxylic acids is 1. The molecule has 2 nitrogen and oxygen atoms in total. The van der Waals surface area contributed by atoms with E-state index < -0.39 is 0 Å². The first-order valence-electron chi connectivity index (χ1n) is 5.47. The standard InChI is InChI=1S/C14H14.CH3NO/c1-11-7-6-10-14(12(11)2)13-8-4-3-5-9-13;2-1-3/h3-10H,1-2H3;1H,(H2,2,3). The maximum Gasteiger partial charge on any atom is 0.204 e. The molecule has 1 amide bonds. The molecule has 17 heavy (non-hydrogen) atoms. The highest BCUT2D eigenvalue weighted by molar-refractivity contribution is 5.68. The van der Waals surface area contributed by atoms with E-state index in [1.165, 1.54) is 22.3 Å². The summed E-state index contributed by atoms with van der Waals surface area (Å²) in [5.74, 6) is 0. The molecule has 88 valence electrons. The minimum Gasteiger partial charge on any atom is -0.372 e. The van der Waals surface area contributed by atoms with Gasteiger partial charge in [-0.1, -0.05) is 48.5 Å². The number of hydrogen-bond acceptors (Lipinski definition) is 1. The predicted octanol–water partition coefficient (Wildman–Crippen LogP) is 3.07. The summed E-state index contributed by atoms with van der Waals surface area (Å²) in [5, 5.41) is 0. The third-order valence-electron chi connectivity index (χ3n) is 2.69. The first-order chi connectivity index (χ1) is 8.20. The van der Waals surface area contributed by atoms with E-state index in [4.69, 9.17) is 4.79 Å². The van der Waals surface area contributed by atoms with E-state index in [0.717, 1.165) is 0 Å². The van der Waals surface area contributed by atoms with Crippen LogP contribution >= 0.6 is 0 Å². The fourth-order valence-corrected chi connectivity index (χ4v) is 1.68. The maximum absolute atomic E-state index is 8.58. The molecule has 2 aromatic rings. The second-order valence-electron chi connectivity index (χ2n) is 3.75. The Labute approximate surface area is 102 Å². The van der Waals surface area contributed by atoms with Crippen LogP contribution in [0.5, 0.6) is 0 Å². The van der Waals surface area contributed by atoms with Gasteiger partial charge in [0.05, 0.1) is 0 Å². The van der Waals surface area contributed by atoms with Crippen LogP contribution in [0.25, 0.3) is 11.1 Å². The van der Waals surface area contributed by atoms with Crippen LogP contribution in [0.2, 0.25) is 0 Å². The molecule has 0 aromatic heterocycles. The van der Waals surface area contributed by atoms with Gasteiger partial charge in [-0.25, -0.2) is 0 Å². The van der Waals surface area contributed by atoms with Crippen molar-refractivity contribution in [1.82, 2.24) is 0 Å². The highest BCUT2D eigenvalue weighted by Crippen LogP contribution is 2.24. The highest BCUT2D eigenvalue weighted by Gasteiger charge is 2.01. The number of carbonyl (C=O) groups is 1. The molecule has 0 saturated heterocycles. The smallest absolute Gasteiger partial charge is 0.204 e. The third-order valence-corrected chi connectivity index (χ3v) is 2.69. The van der Waals surface area contributed by atoms with Crippen molar-refractivity contribution in [2.24, 2.45) is 5.73 Å². The first-order valence-corrected chi connectivity index (χ1v) is 5.47. The lowest BCUT2D eigenvalue weighted by Gasteiger charge is -2.07. The zero-order valence-corrected chi connectivity index (χ0v) is 10.2. The average Bonchev–Trinajstić information content (AvgIpc) is 2.35. The van der Waals surface area contributed by atoms with Gasteiger partial charge < -0.3 is 5.73 Å². The van der Waals surface area contributed by atoms with Gasteiger partial charge in [-0.2, -0.15) is 0 Å². The zero-order valence-electron chi connectivity index (χ0n) is 10.2. The molecule has 0 unspecified atom stereocenters. The molecule has 0 atom stereocenters. The minimum atomic E-state index is 0.250. The van der Waals surface area contributed by atoms with Crippen molar-refractivity contribution in [3.63, 3.8) is 0 Å². The lowest BCUT2D eigenvalue weighted by molar-refractivity contribution is -0.106. The van der Waals surface area contributed by atoms with Crippen LogP contribution in [0.15, 0.2) is 48.5 Å². The van der Waals surface area contributed by atoms with Crippen molar-refractivity contribution in [3.8, 4) is 11.1 Å². The molecular weight excluding hydrogens is 210 g/mol. The lowest BCUT2D eigenvalue weighted by atomic mass is 9.97. The second kappa shape index (κ2) is 6.48. The Hall–Kier alpha value is -2.09. The number of amides is 1. The van der Waals surface area contributed by atoms with Gasteiger partial charge >= 0.3 is 0 Å². The molecule has 0 heterocycles. The van der Waals surface area contributed by atoms with Crippen molar-refractivity contribution in [3.05, 3.63) is 59.7 Å². The Bertz CT molecular complexity index is 478. The molecular formula is C15H17NO. The van der Waals surface area contributed by atoms with Gasteiger partial charge in [0, 0.05) is 0 Å². The van der Waals surface area contributed by atoms with Gasteiger partial charge in [-0.05, 0) is 36.1 Å². The van der Waals surface area contributed by atoms with Crippen LogP contribution in [-0.4, -0.2) is 6.41 Å². The monoisotopic (exact) mass is 227 g/mol. The van der Waals surface area contributed by atoms with Crippen molar-refractivity contribution < 1.29 is 4.79 Å². The van der Waals surface area contributed by atoms with Crippen molar-refractivity contribution in [1.29, 1.82) is 0 Å². The summed E-state index contributed by atoms with van der Waals surface area (Å²) in [6, 6.07) is 17.0.